The Kier molecular flexibility index (Phi) is 4.65. The minimum absolute atomic E-state index is 0.172. The number of piperazine rings is 1. The summed E-state index contributed by atoms with van der Waals surface area (Å²) in [5.41, 5.74) is 1.07. The van der Waals surface area contributed by atoms with Crippen molar-refractivity contribution in [2.24, 2.45) is 0 Å². The molecule has 116 valence electrons. The summed E-state index contributed by atoms with van der Waals surface area (Å²) in [6.45, 7) is 3.76. The fourth-order valence-corrected chi connectivity index (χ4v) is 4.31. The molecule has 5 heteroatoms. The van der Waals surface area contributed by atoms with Crippen LogP contribution < -0.4 is 5.32 Å². The summed E-state index contributed by atoms with van der Waals surface area (Å²) < 4.78 is 0. The second-order valence-electron chi connectivity index (χ2n) is 6.28. The number of aromatic hydroxyl groups is 1. The molecule has 0 bridgehead atoms. The Morgan fingerprint density at radius 1 is 1.19 bits per heavy atom. The Bertz CT molecular complexity index is 507. The first-order valence-electron chi connectivity index (χ1n) is 7.73. The first kappa shape index (κ1) is 15.4. The van der Waals surface area contributed by atoms with E-state index >= 15 is 0 Å². The molecule has 2 fully saturated rings. The van der Waals surface area contributed by atoms with Gasteiger partial charge in [-0.3, -0.25) is 4.90 Å². The van der Waals surface area contributed by atoms with E-state index in [-0.39, 0.29) is 11.3 Å². The fourth-order valence-electron chi connectivity index (χ4n) is 3.78. The van der Waals surface area contributed by atoms with Gasteiger partial charge in [0, 0.05) is 42.3 Å². The summed E-state index contributed by atoms with van der Waals surface area (Å²) in [6.07, 6.45) is 6.38. The number of rotatable bonds is 2. The highest BCUT2D eigenvalue weighted by Crippen LogP contribution is 2.38. The summed E-state index contributed by atoms with van der Waals surface area (Å²) >= 11 is 12.1. The molecule has 1 heterocycles. The molecule has 2 aliphatic rings. The standard InChI is InChI=1S/C16H22Cl2N2O/c17-13-8-12(15(21)14(18)9-13)10-20-7-6-19-11-16(20)4-2-1-3-5-16/h8-9,19,21H,1-7,10-11H2. The van der Waals surface area contributed by atoms with E-state index < -0.39 is 0 Å². The number of benzene rings is 1. The summed E-state index contributed by atoms with van der Waals surface area (Å²) in [5, 5.41) is 14.7. The molecule has 0 atom stereocenters. The van der Waals surface area contributed by atoms with Crippen LogP contribution in [-0.2, 0) is 6.54 Å². The molecule has 3 rings (SSSR count). The monoisotopic (exact) mass is 328 g/mol. The van der Waals surface area contributed by atoms with E-state index in [0.29, 0.717) is 16.6 Å². The maximum Gasteiger partial charge on any atom is 0.138 e. The van der Waals surface area contributed by atoms with E-state index in [0.717, 1.165) is 25.2 Å². The molecule has 0 amide bonds. The lowest BCUT2D eigenvalue weighted by Gasteiger charge is -2.50. The van der Waals surface area contributed by atoms with Crippen LogP contribution >= 0.6 is 23.2 Å². The van der Waals surface area contributed by atoms with Gasteiger partial charge in [-0.15, -0.1) is 0 Å². The van der Waals surface area contributed by atoms with Crippen LogP contribution in [0.3, 0.4) is 0 Å². The van der Waals surface area contributed by atoms with E-state index in [1.165, 1.54) is 32.1 Å². The molecule has 1 aliphatic carbocycles. The highest BCUT2D eigenvalue weighted by Gasteiger charge is 2.39. The van der Waals surface area contributed by atoms with Crippen LogP contribution in [0.2, 0.25) is 10.0 Å². The van der Waals surface area contributed by atoms with Crippen molar-refractivity contribution in [2.75, 3.05) is 19.6 Å². The maximum absolute atomic E-state index is 10.2. The summed E-state index contributed by atoms with van der Waals surface area (Å²) in [5.74, 6) is 0.172. The van der Waals surface area contributed by atoms with E-state index in [9.17, 15) is 5.11 Å². The van der Waals surface area contributed by atoms with Crippen molar-refractivity contribution in [3.05, 3.63) is 27.7 Å². The normalized spacial score (nSPS) is 22.6. The van der Waals surface area contributed by atoms with Gasteiger partial charge in [0.15, 0.2) is 0 Å². The Hall–Kier alpha value is -0.480. The number of phenols is 1. The molecular formula is C16H22Cl2N2O. The van der Waals surface area contributed by atoms with E-state index in [1.807, 2.05) is 6.07 Å². The van der Waals surface area contributed by atoms with Gasteiger partial charge in [0.1, 0.15) is 5.75 Å². The van der Waals surface area contributed by atoms with Gasteiger partial charge in [-0.25, -0.2) is 0 Å². The van der Waals surface area contributed by atoms with E-state index in [1.54, 1.807) is 6.07 Å². The molecular weight excluding hydrogens is 307 g/mol. The van der Waals surface area contributed by atoms with Crippen molar-refractivity contribution in [1.82, 2.24) is 10.2 Å². The van der Waals surface area contributed by atoms with Crippen molar-refractivity contribution in [3.8, 4) is 5.75 Å². The van der Waals surface area contributed by atoms with Crippen LogP contribution in [0.15, 0.2) is 12.1 Å². The van der Waals surface area contributed by atoms with Gasteiger partial charge in [0.05, 0.1) is 5.02 Å². The highest BCUT2D eigenvalue weighted by atomic mass is 35.5. The van der Waals surface area contributed by atoms with E-state index in [4.69, 9.17) is 23.2 Å². The average molecular weight is 329 g/mol. The lowest BCUT2D eigenvalue weighted by Crippen LogP contribution is -2.61. The molecule has 0 radical (unpaired) electrons. The van der Waals surface area contributed by atoms with Gasteiger partial charge < -0.3 is 10.4 Å². The first-order chi connectivity index (χ1) is 10.1. The molecule has 1 saturated carbocycles. The molecule has 1 aliphatic heterocycles. The predicted molar refractivity (Wildman–Crippen MR) is 87.2 cm³/mol. The van der Waals surface area contributed by atoms with Gasteiger partial charge in [-0.2, -0.15) is 0 Å². The topological polar surface area (TPSA) is 35.5 Å². The maximum atomic E-state index is 10.2. The van der Waals surface area contributed by atoms with E-state index in [2.05, 4.69) is 10.2 Å². The van der Waals surface area contributed by atoms with Gasteiger partial charge in [-0.1, -0.05) is 42.5 Å². The van der Waals surface area contributed by atoms with Crippen LogP contribution in [0.1, 0.15) is 37.7 Å². The van der Waals surface area contributed by atoms with Crippen molar-refractivity contribution in [1.29, 1.82) is 0 Å². The second kappa shape index (κ2) is 6.33. The molecule has 1 spiro atoms. The van der Waals surface area contributed by atoms with Crippen LogP contribution in [0, 0.1) is 0 Å². The third-order valence-electron chi connectivity index (χ3n) is 4.94. The smallest absolute Gasteiger partial charge is 0.138 e. The zero-order valence-electron chi connectivity index (χ0n) is 12.2. The van der Waals surface area contributed by atoms with Crippen molar-refractivity contribution >= 4 is 23.2 Å². The zero-order chi connectivity index (χ0) is 14.9. The van der Waals surface area contributed by atoms with Crippen molar-refractivity contribution < 1.29 is 5.11 Å². The summed E-state index contributed by atoms with van der Waals surface area (Å²) in [6, 6.07) is 3.43. The average Bonchev–Trinajstić information content (AvgIpc) is 2.47. The molecule has 1 aromatic carbocycles. The SMILES string of the molecule is Oc1c(Cl)cc(Cl)cc1CN1CCNCC12CCCCC2. The first-order valence-corrected chi connectivity index (χ1v) is 8.49. The Morgan fingerprint density at radius 2 is 1.95 bits per heavy atom. The Balaban J connectivity index is 1.85. The molecule has 2 N–H and O–H groups in total. The molecule has 3 nitrogen and oxygen atoms in total. The van der Waals surface area contributed by atoms with Gasteiger partial charge in [-0.05, 0) is 25.0 Å². The number of phenolic OH excluding ortho intramolecular Hbond substituents is 1. The van der Waals surface area contributed by atoms with Crippen molar-refractivity contribution in [3.63, 3.8) is 0 Å². The number of nitrogens with one attached hydrogen (secondary N) is 1. The van der Waals surface area contributed by atoms with Gasteiger partial charge >= 0.3 is 0 Å². The molecule has 21 heavy (non-hydrogen) atoms. The molecule has 0 aromatic heterocycles. The minimum Gasteiger partial charge on any atom is -0.506 e. The quantitative estimate of drug-likeness (QED) is 0.866. The summed E-state index contributed by atoms with van der Waals surface area (Å²) in [7, 11) is 0. The van der Waals surface area contributed by atoms with Crippen LogP contribution in [0.5, 0.6) is 5.75 Å². The van der Waals surface area contributed by atoms with Gasteiger partial charge in [0.25, 0.3) is 0 Å². The lowest BCUT2D eigenvalue weighted by atomic mass is 9.79. The highest BCUT2D eigenvalue weighted by molar-refractivity contribution is 6.35. The predicted octanol–water partition coefficient (Wildman–Crippen LogP) is 3.81. The largest absolute Gasteiger partial charge is 0.506 e. The molecule has 1 saturated heterocycles. The number of nitrogens with zero attached hydrogens (tertiary/aromatic N) is 1. The zero-order valence-corrected chi connectivity index (χ0v) is 13.7. The number of hydrogen-bond donors (Lipinski definition) is 2. The Labute approximate surface area is 136 Å². The number of halogens is 2. The molecule has 1 aromatic rings. The third-order valence-corrected chi connectivity index (χ3v) is 5.44. The molecule has 0 unspecified atom stereocenters. The second-order valence-corrected chi connectivity index (χ2v) is 7.12. The van der Waals surface area contributed by atoms with Crippen LogP contribution in [-0.4, -0.2) is 35.2 Å². The fraction of sp³-hybridized carbons (Fsp3) is 0.625. The Morgan fingerprint density at radius 3 is 2.71 bits per heavy atom. The van der Waals surface area contributed by atoms with Crippen LogP contribution in [0.4, 0.5) is 0 Å². The van der Waals surface area contributed by atoms with Crippen molar-refractivity contribution in [2.45, 2.75) is 44.2 Å². The minimum atomic E-state index is 0.172. The van der Waals surface area contributed by atoms with Crippen LogP contribution in [0.25, 0.3) is 0 Å². The summed E-state index contributed by atoms with van der Waals surface area (Å²) in [4.78, 5) is 2.52. The lowest BCUT2D eigenvalue weighted by molar-refractivity contribution is 0.0204. The third kappa shape index (κ3) is 3.16. The number of hydrogen-bond acceptors (Lipinski definition) is 3. The van der Waals surface area contributed by atoms with Gasteiger partial charge in [0.2, 0.25) is 0 Å².